The van der Waals surface area contributed by atoms with E-state index < -0.39 is 73.3 Å². The van der Waals surface area contributed by atoms with Crippen LogP contribution in [0.3, 0.4) is 0 Å². The van der Waals surface area contributed by atoms with Crippen LogP contribution in [0.1, 0.15) is 19.3 Å². The van der Waals surface area contributed by atoms with Gasteiger partial charge in [0.1, 0.15) is 6.04 Å². The van der Waals surface area contributed by atoms with E-state index in [0.717, 1.165) is 0 Å². The Labute approximate surface area is 138 Å². The van der Waals surface area contributed by atoms with Crippen molar-refractivity contribution in [1.29, 1.82) is 0 Å². The molecule has 3 atom stereocenters. The zero-order valence-electron chi connectivity index (χ0n) is 12.5. The Balaban J connectivity index is 4.70. The Hall–Kier alpha value is -3.22. The molecule has 25 heavy (non-hydrogen) atoms. The molecule has 0 aromatic carbocycles. The third kappa shape index (κ3) is 8.85. The van der Waals surface area contributed by atoms with Gasteiger partial charge >= 0.3 is 35.8 Å². The molecular formula is C12H15NO12. The van der Waals surface area contributed by atoms with Gasteiger partial charge < -0.3 is 35.6 Å². The summed E-state index contributed by atoms with van der Waals surface area (Å²) in [5, 5.41) is 34.4. The van der Waals surface area contributed by atoms with Crippen molar-refractivity contribution in [3.8, 4) is 0 Å². The average Bonchev–Trinajstić information content (AvgIpc) is 2.44. The third-order valence-electron chi connectivity index (χ3n) is 2.49. The van der Waals surface area contributed by atoms with Gasteiger partial charge in [0, 0.05) is 0 Å². The van der Waals surface area contributed by atoms with Crippen molar-refractivity contribution >= 4 is 35.8 Å². The minimum Gasteiger partial charge on any atom is -0.481 e. The minimum atomic E-state index is -2.04. The molecule has 0 fully saturated rings. The number of hydrogen-bond acceptors (Lipinski definition) is 9. The van der Waals surface area contributed by atoms with Crippen LogP contribution in [0.4, 0.5) is 0 Å². The van der Waals surface area contributed by atoms with Crippen molar-refractivity contribution in [3.05, 3.63) is 0 Å². The largest absolute Gasteiger partial charge is 0.481 e. The van der Waals surface area contributed by atoms with Gasteiger partial charge in [-0.25, -0.2) is 9.59 Å². The van der Waals surface area contributed by atoms with E-state index in [9.17, 15) is 28.8 Å². The monoisotopic (exact) mass is 365 g/mol. The molecular weight excluding hydrogens is 350 g/mol. The number of nitrogens with two attached hydrogens (primary N) is 1. The first-order valence-electron chi connectivity index (χ1n) is 6.48. The van der Waals surface area contributed by atoms with Crippen molar-refractivity contribution in [2.45, 2.75) is 37.5 Å². The summed E-state index contributed by atoms with van der Waals surface area (Å²) in [6, 6.07) is -1.78. The van der Waals surface area contributed by atoms with Gasteiger partial charge in [-0.05, 0) is 0 Å². The number of hydrogen-bond donors (Lipinski definition) is 5. The first kappa shape index (κ1) is 21.8. The second-order valence-electron chi connectivity index (χ2n) is 4.59. The lowest BCUT2D eigenvalue weighted by Crippen LogP contribution is -2.40. The second-order valence-corrected chi connectivity index (χ2v) is 4.59. The van der Waals surface area contributed by atoms with Gasteiger partial charge in [0.2, 0.25) is 12.2 Å². The molecule has 0 spiro atoms. The Morgan fingerprint density at radius 2 is 1.12 bits per heavy atom. The highest BCUT2D eigenvalue weighted by molar-refractivity contribution is 5.87. The van der Waals surface area contributed by atoms with E-state index >= 15 is 0 Å². The predicted molar refractivity (Wildman–Crippen MR) is 72.1 cm³/mol. The van der Waals surface area contributed by atoms with Crippen LogP contribution < -0.4 is 5.73 Å². The third-order valence-corrected chi connectivity index (χ3v) is 2.49. The quantitative estimate of drug-likeness (QED) is 0.242. The van der Waals surface area contributed by atoms with Crippen molar-refractivity contribution in [3.63, 3.8) is 0 Å². The second kappa shape index (κ2) is 9.82. The van der Waals surface area contributed by atoms with Crippen molar-refractivity contribution < 1.29 is 58.7 Å². The molecule has 0 rings (SSSR count). The number of carbonyl (C=O) groups excluding carboxylic acids is 2. The molecule has 0 heterocycles. The van der Waals surface area contributed by atoms with Crippen molar-refractivity contribution in [1.82, 2.24) is 0 Å². The van der Waals surface area contributed by atoms with Crippen LogP contribution >= 0.6 is 0 Å². The van der Waals surface area contributed by atoms with Gasteiger partial charge in [-0.2, -0.15) is 0 Å². The summed E-state index contributed by atoms with van der Waals surface area (Å²) in [7, 11) is 0. The molecule has 0 aliphatic rings. The van der Waals surface area contributed by atoms with Crippen LogP contribution in [-0.2, 0) is 38.2 Å². The van der Waals surface area contributed by atoms with E-state index in [1.807, 2.05) is 0 Å². The molecule has 2 unspecified atom stereocenters. The molecule has 6 N–H and O–H groups in total. The molecule has 13 nitrogen and oxygen atoms in total. The summed E-state index contributed by atoms with van der Waals surface area (Å²) < 4.78 is 8.68. The van der Waals surface area contributed by atoms with E-state index in [-0.39, 0.29) is 0 Å². The summed E-state index contributed by atoms with van der Waals surface area (Å²) in [6.07, 6.45) is -7.06. The fraction of sp³-hybridized carbons (Fsp3) is 0.500. The SMILES string of the molecule is N[C@@H](CC(=O)OC(CC(=O)O)C(=O)O)C(=O)OC(CC(=O)O)C(=O)O. The Morgan fingerprint density at radius 1 is 0.720 bits per heavy atom. The fourth-order valence-electron chi connectivity index (χ4n) is 1.37. The molecule has 0 aromatic rings. The first-order chi connectivity index (χ1) is 11.4. The van der Waals surface area contributed by atoms with Crippen LogP contribution in [0.5, 0.6) is 0 Å². The zero-order valence-corrected chi connectivity index (χ0v) is 12.5. The average molecular weight is 365 g/mol. The van der Waals surface area contributed by atoms with Gasteiger partial charge in [0.25, 0.3) is 0 Å². The minimum absolute atomic E-state index is 0.943. The molecule has 0 radical (unpaired) electrons. The van der Waals surface area contributed by atoms with Gasteiger partial charge in [0.05, 0.1) is 19.3 Å². The maximum atomic E-state index is 11.6. The number of ether oxygens (including phenoxy) is 2. The number of esters is 2. The number of carboxylic acids is 4. The Morgan fingerprint density at radius 3 is 1.48 bits per heavy atom. The lowest BCUT2D eigenvalue weighted by molar-refractivity contribution is -0.171. The van der Waals surface area contributed by atoms with Crippen LogP contribution in [0.25, 0.3) is 0 Å². The number of rotatable bonds is 11. The van der Waals surface area contributed by atoms with Crippen LogP contribution in [0, 0.1) is 0 Å². The van der Waals surface area contributed by atoms with Crippen LogP contribution in [-0.4, -0.2) is 74.5 Å². The molecule has 0 aliphatic carbocycles. The topological polar surface area (TPSA) is 228 Å². The number of carboxylic acid groups (broad SMARTS) is 4. The maximum absolute atomic E-state index is 11.6. The van der Waals surface area contributed by atoms with E-state index in [0.29, 0.717) is 0 Å². The summed E-state index contributed by atoms with van der Waals surface area (Å²) >= 11 is 0. The highest BCUT2D eigenvalue weighted by Crippen LogP contribution is 2.06. The Bertz CT molecular complexity index is 570. The molecule has 13 heteroatoms. The van der Waals surface area contributed by atoms with E-state index in [1.54, 1.807) is 0 Å². The summed E-state index contributed by atoms with van der Waals surface area (Å²) in [4.78, 5) is 65.4. The summed E-state index contributed by atoms with van der Waals surface area (Å²) in [5.41, 5.74) is 5.27. The Kier molecular flexibility index (Phi) is 8.55. The number of carbonyl (C=O) groups is 6. The van der Waals surface area contributed by atoms with Gasteiger partial charge in [0.15, 0.2) is 0 Å². The molecule has 0 aliphatic heterocycles. The van der Waals surface area contributed by atoms with Crippen molar-refractivity contribution in [2.75, 3.05) is 0 Å². The van der Waals surface area contributed by atoms with Crippen molar-refractivity contribution in [2.24, 2.45) is 5.73 Å². The van der Waals surface area contributed by atoms with Gasteiger partial charge in [-0.1, -0.05) is 0 Å². The maximum Gasteiger partial charge on any atom is 0.345 e. The number of aliphatic carboxylic acids is 4. The molecule has 0 saturated heterocycles. The standard InChI is InChI=1S/C12H15NO12/c13-4(12(23)25-6(11(21)22)3-8(16)17)1-9(18)24-5(10(19)20)2-7(14)15/h4-6H,1-3,13H2,(H,14,15)(H,16,17)(H,19,20)(H,21,22)/t4-,5?,6?/m0/s1. The normalized spacial score (nSPS) is 13.8. The van der Waals surface area contributed by atoms with E-state index in [2.05, 4.69) is 9.47 Å². The summed E-state index contributed by atoms with van der Waals surface area (Å²) in [5.74, 6) is -9.39. The lowest BCUT2D eigenvalue weighted by atomic mass is 10.2. The van der Waals surface area contributed by atoms with Crippen LogP contribution in [0.2, 0.25) is 0 Å². The lowest BCUT2D eigenvalue weighted by Gasteiger charge is -2.16. The smallest absolute Gasteiger partial charge is 0.345 e. The first-order valence-corrected chi connectivity index (χ1v) is 6.48. The molecule has 0 amide bonds. The fourth-order valence-corrected chi connectivity index (χ4v) is 1.37. The molecule has 0 saturated carbocycles. The highest BCUT2D eigenvalue weighted by atomic mass is 16.6. The van der Waals surface area contributed by atoms with Crippen LogP contribution in [0.15, 0.2) is 0 Å². The van der Waals surface area contributed by atoms with E-state index in [1.165, 1.54) is 0 Å². The predicted octanol–water partition coefficient (Wildman–Crippen LogP) is -2.35. The highest BCUT2D eigenvalue weighted by Gasteiger charge is 2.31. The summed E-state index contributed by atoms with van der Waals surface area (Å²) in [6.45, 7) is 0. The molecule has 0 bridgehead atoms. The molecule has 0 aromatic heterocycles. The zero-order chi connectivity index (χ0) is 19.7. The van der Waals surface area contributed by atoms with E-state index in [4.69, 9.17) is 26.2 Å². The van der Waals surface area contributed by atoms with Gasteiger partial charge in [-0.15, -0.1) is 0 Å². The van der Waals surface area contributed by atoms with Gasteiger partial charge in [-0.3, -0.25) is 19.2 Å². The molecule has 140 valence electrons.